The van der Waals surface area contributed by atoms with Crippen LogP contribution in [0.2, 0.25) is 0 Å². The lowest BCUT2D eigenvalue weighted by molar-refractivity contribution is 0.596. The van der Waals surface area contributed by atoms with Crippen molar-refractivity contribution < 1.29 is 0 Å². The van der Waals surface area contributed by atoms with Crippen LogP contribution in [0, 0.1) is 0 Å². The van der Waals surface area contributed by atoms with Crippen molar-refractivity contribution in [3.63, 3.8) is 0 Å². The maximum Gasteiger partial charge on any atom is 0.0794 e. The third-order valence-electron chi connectivity index (χ3n) is 2.74. The molecule has 84 valence electrons. The molecule has 1 N–H and O–H groups in total. The summed E-state index contributed by atoms with van der Waals surface area (Å²) < 4.78 is 2.04. The van der Waals surface area contributed by atoms with Crippen LogP contribution >= 0.6 is 11.3 Å². The molecule has 16 heavy (non-hydrogen) atoms. The molecule has 2 heterocycles. The monoisotopic (exact) mass is 234 g/mol. The molecule has 1 fully saturated rings. The molecule has 0 aliphatic heterocycles. The number of rotatable bonds is 5. The molecule has 2 aromatic heterocycles. The average Bonchev–Trinajstić information content (AvgIpc) is 2.79. The van der Waals surface area contributed by atoms with Gasteiger partial charge in [-0.3, -0.25) is 9.67 Å². The van der Waals surface area contributed by atoms with Gasteiger partial charge in [0.15, 0.2) is 0 Å². The summed E-state index contributed by atoms with van der Waals surface area (Å²) in [6.07, 6.45) is 6.42. The van der Waals surface area contributed by atoms with E-state index in [9.17, 15) is 0 Å². The minimum atomic E-state index is 0.742. The van der Waals surface area contributed by atoms with Crippen molar-refractivity contribution in [2.24, 2.45) is 0 Å². The molecular weight excluding hydrogens is 220 g/mol. The van der Waals surface area contributed by atoms with E-state index in [-0.39, 0.29) is 0 Å². The van der Waals surface area contributed by atoms with E-state index in [0.717, 1.165) is 19.1 Å². The standard InChI is InChI=1S/C11H14N4S/c1-2-9(1)13-5-10-3-4-14-15(10)7-11-6-12-8-16-11/h3-4,6,8-9,13H,1-2,5,7H2. The number of nitrogens with one attached hydrogen (secondary N) is 1. The van der Waals surface area contributed by atoms with E-state index >= 15 is 0 Å². The van der Waals surface area contributed by atoms with Crippen LogP contribution in [0.3, 0.4) is 0 Å². The van der Waals surface area contributed by atoms with Crippen molar-refractivity contribution in [2.45, 2.75) is 32.0 Å². The second-order valence-corrected chi connectivity index (χ2v) is 5.07. The van der Waals surface area contributed by atoms with Crippen LogP contribution in [0.5, 0.6) is 0 Å². The fraction of sp³-hybridized carbons (Fsp3) is 0.455. The van der Waals surface area contributed by atoms with Gasteiger partial charge in [0.25, 0.3) is 0 Å². The van der Waals surface area contributed by atoms with Crippen molar-refractivity contribution in [3.05, 3.63) is 34.5 Å². The predicted octanol–water partition coefficient (Wildman–Crippen LogP) is 1.64. The number of nitrogens with zero attached hydrogens (tertiary/aromatic N) is 3. The maximum absolute atomic E-state index is 4.34. The summed E-state index contributed by atoms with van der Waals surface area (Å²) in [5.74, 6) is 0. The summed E-state index contributed by atoms with van der Waals surface area (Å²) in [5, 5.41) is 7.85. The van der Waals surface area contributed by atoms with Crippen molar-refractivity contribution >= 4 is 11.3 Å². The highest BCUT2D eigenvalue weighted by atomic mass is 32.1. The second kappa shape index (κ2) is 4.35. The van der Waals surface area contributed by atoms with Crippen LogP contribution in [0.4, 0.5) is 0 Å². The Kier molecular flexibility index (Phi) is 2.71. The van der Waals surface area contributed by atoms with Gasteiger partial charge in [-0.15, -0.1) is 11.3 Å². The molecule has 2 aromatic rings. The number of hydrogen-bond donors (Lipinski definition) is 1. The molecule has 4 nitrogen and oxygen atoms in total. The predicted molar refractivity (Wildman–Crippen MR) is 63.3 cm³/mol. The summed E-state index contributed by atoms with van der Waals surface area (Å²) >= 11 is 1.67. The Morgan fingerprint density at radius 1 is 1.50 bits per heavy atom. The molecular formula is C11H14N4S. The molecule has 0 bridgehead atoms. The van der Waals surface area contributed by atoms with Crippen LogP contribution in [-0.2, 0) is 13.1 Å². The van der Waals surface area contributed by atoms with Gasteiger partial charge in [-0.2, -0.15) is 5.10 Å². The molecule has 0 atom stereocenters. The number of thiazole rings is 1. The second-order valence-electron chi connectivity index (χ2n) is 4.10. The molecule has 3 rings (SSSR count). The Balaban J connectivity index is 1.66. The Labute approximate surface area is 98.3 Å². The fourth-order valence-corrected chi connectivity index (χ4v) is 2.23. The Bertz CT molecular complexity index is 444. The molecule has 1 aliphatic carbocycles. The van der Waals surface area contributed by atoms with Crippen LogP contribution in [0.25, 0.3) is 0 Å². The quantitative estimate of drug-likeness (QED) is 0.855. The third-order valence-corrected chi connectivity index (χ3v) is 3.51. The molecule has 5 heteroatoms. The van der Waals surface area contributed by atoms with Gasteiger partial charge >= 0.3 is 0 Å². The highest BCUT2D eigenvalue weighted by Crippen LogP contribution is 2.19. The van der Waals surface area contributed by atoms with Crippen LogP contribution < -0.4 is 5.32 Å². The first kappa shape index (κ1) is 9.99. The van der Waals surface area contributed by atoms with Crippen molar-refractivity contribution in [1.29, 1.82) is 0 Å². The van der Waals surface area contributed by atoms with Gasteiger partial charge in [0.1, 0.15) is 0 Å². The van der Waals surface area contributed by atoms with E-state index in [1.807, 2.05) is 22.6 Å². The molecule has 0 amide bonds. The summed E-state index contributed by atoms with van der Waals surface area (Å²) in [5.41, 5.74) is 3.11. The molecule has 0 unspecified atom stereocenters. The van der Waals surface area contributed by atoms with E-state index in [1.54, 1.807) is 11.3 Å². The first-order valence-electron chi connectivity index (χ1n) is 5.53. The van der Waals surface area contributed by atoms with Crippen LogP contribution in [0.1, 0.15) is 23.4 Å². The van der Waals surface area contributed by atoms with Crippen molar-refractivity contribution in [3.8, 4) is 0 Å². The normalized spacial score (nSPS) is 15.5. The molecule has 0 saturated heterocycles. The molecule has 0 aromatic carbocycles. The molecule has 0 radical (unpaired) electrons. The topological polar surface area (TPSA) is 42.7 Å². The smallest absolute Gasteiger partial charge is 0.0794 e. The highest BCUT2D eigenvalue weighted by molar-refractivity contribution is 7.09. The van der Waals surface area contributed by atoms with Gasteiger partial charge in [0.2, 0.25) is 0 Å². The van der Waals surface area contributed by atoms with E-state index in [0.29, 0.717) is 0 Å². The number of hydrogen-bond acceptors (Lipinski definition) is 4. The van der Waals surface area contributed by atoms with Gasteiger partial charge in [-0.25, -0.2) is 0 Å². The van der Waals surface area contributed by atoms with E-state index in [2.05, 4.69) is 21.5 Å². The summed E-state index contributed by atoms with van der Waals surface area (Å²) in [6.45, 7) is 1.75. The Morgan fingerprint density at radius 2 is 2.44 bits per heavy atom. The third kappa shape index (κ3) is 2.31. The summed E-state index contributed by atoms with van der Waals surface area (Å²) in [7, 11) is 0. The first-order valence-corrected chi connectivity index (χ1v) is 6.41. The minimum Gasteiger partial charge on any atom is -0.308 e. The lowest BCUT2D eigenvalue weighted by Crippen LogP contribution is -2.18. The summed E-state index contributed by atoms with van der Waals surface area (Å²) in [4.78, 5) is 5.33. The van der Waals surface area contributed by atoms with Crippen LogP contribution in [-0.4, -0.2) is 20.8 Å². The Hall–Kier alpha value is -1.20. The van der Waals surface area contributed by atoms with E-state index in [4.69, 9.17) is 0 Å². The first-order chi connectivity index (χ1) is 7.92. The SMILES string of the molecule is c1cc(CNC2CC2)n(Cc2cncs2)n1. The summed E-state index contributed by atoms with van der Waals surface area (Å²) in [6, 6.07) is 2.82. The van der Waals surface area contributed by atoms with Gasteiger partial charge < -0.3 is 5.32 Å². The van der Waals surface area contributed by atoms with Crippen molar-refractivity contribution in [1.82, 2.24) is 20.1 Å². The molecule has 1 aliphatic rings. The van der Waals surface area contributed by atoms with Gasteiger partial charge in [-0.1, -0.05) is 0 Å². The van der Waals surface area contributed by atoms with Gasteiger partial charge in [-0.05, 0) is 18.9 Å². The lowest BCUT2D eigenvalue weighted by Gasteiger charge is -2.06. The highest BCUT2D eigenvalue weighted by Gasteiger charge is 2.20. The van der Waals surface area contributed by atoms with Gasteiger partial charge in [0, 0.05) is 29.9 Å². The van der Waals surface area contributed by atoms with E-state index < -0.39 is 0 Å². The van der Waals surface area contributed by atoms with Crippen LogP contribution in [0.15, 0.2) is 24.0 Å². The zero-order valence-corrected chi connectivity index (χ0v) is 9.78. The lowest BCUT2D eigenvalue weighted by atomic mass is 10.4. The fourth-order valence-electron chi connectivity index (χ4n) is 1.66. The van der Waals surface area contributed by atoms with Crippen molar-refractivity contribution in [2.75, 3.05) is 0 Å². The van der Waals surface area contributed by atoms with Gasteiger partial charge in [0.05, 0.1) is 17.7 Å². The zero-order chi connectivity index (χ0) is 10.8. The molecule has 1 saturated carbocycles. The van der Waals surface area contributed by atoms with E-state index in [1.165, 1.54) is 23.4 Å². The zero-order valence-electron chi connectivity index (χ0n) is 8.97. The maximum atomic E-state index is 4.34. The largest absolute Gasteiger partial charge is 0.308 e. The molecule has 0 spiro atoms. The number of aromatic nitrogens is 3. The average molecular weight is 234 g/mol. The Morgan fingerprint density at radius 3 is 3.19 bits per heavy atom. The minimum absolute atomic E-state index is 0.742.